The van der Waals surface area contributed by atoms with Crippen LogP contribution in [0.3, 0.4) is 0 Å². The summed E-state index contributed by atoms with van der Waals surface area (Å²) in [6.07, 6.45) is 12.2. The van der Waals surface area contributed by atoms with Crippen molar-refractivity contribution < 1.29 is 4.79 Å². The fourth-order valence-corrected chi connectivity index (χ4v) is 6.52. The second kappa shape index (κ2) is 9.38. The van der Waals surface area contributed by atoms with Crippen molar-refractivity contribution >= 4 is 17.7 Å². The average molecular weight is 408 g/mol. The third-order valence-electron chi connectivity index (χ3n) is 6.95. The first-order valence-electron chi connectivity index (χ1n) is 11.4. The second-order valence-corrected chi connectivity index (χ2v) is 10.00. The van der Waals surface area contributed by atoms with Gasteiger partial charge in [-0.05, 0) is 53.6 Å². The highest BCUT2D eigenvalue weighted by Gasteiger charge is 2.27. The first kappa shape index (κ1) is 20.5. The van der Waals surface area contributed by atoms with Crippen molar-refractivity contribution in [2.75, 3.05) is 0 Å². The van der Waals surface area contributed by atoms with Crippen LogP contribution in [0.5, 0.6) is 0 Å². The predicted molar refractivity (Wildman–Crippen MR) is 122 cm³/mol. The number of primary amides is 1. The molecule has 1 amide bonds. The zero-order valence-electron chi connectivity index (χ0n) is 17.5. The van der Waals surface area contributed by atoms with E-state index in [2.05, 4.69) is 37.3 Å². The lowest BCUT2D eigenvalue weighted by Gasteiger charge is -2.30. The molecule has 1 atom stereocenters. The summed E-state index contributed by atoms with van der Waals surface area (Å²) >= 11 is 1.82. The Bertz CT molecular complexity index is 854. The highest BCUT2D eigenvalue weighted by atomic mass is 32.2. The highest BCUT2D eigenvalue weighted by molar-refractivity contribution is 7.99. The number of amides is 1. The summed E-state index contributed by atoms with van der Waals surface area (Å²) in [4.78, 5) is 14.4. The van der Waals surface area contributed by atoms with E-state index in [-0.39, 0.29) is 5.91 Å². The summed E-state index contributed by atoms with van der Waals surface area (Å²) in [6.45, 7) is 2.31. The molecule has 4 rings (SSSR count). The van der Waals surface area contributed by atoms with E-state index in [0.29, 0.717) is 11.5 Å². The van der Waals surface area contributed by atoms with Gasteiger partial charge < -0.3 is 5.73 Å². The Morgan fingerprint density at radius 3 is 2.34 bits per heavy atom. The topological polar surface area (TPSA) is 43.1 Å². The van der Waals surface area contributed by atoms with Crippen LogP contribution in [0.25, 0.3) is 0 Å². The van der Waals surface area contributed by atoms with Crippen molar-refractivity contribution in [2.24, 2.45) is 17.6 Å². The standard InChI is InChI=1S/C26H33NOS/c1-2-6-18-11-13-19(14-12-18)7-5-9-21-22-8-3-4-10-24(22)29-25-16-15-20(26(27)28)17-23(21)25/h3-4,8,10,15-19,21H,2,5-7,9,11-14H2,1H3,(H2,27,28). The van der Waals surface area contributed by atoms with Gasteiger partial charge in [-0.2, -0.15) is 0 Å². The maximum atomic E-state index is 11.7. The minimum atomic E-state index is -0.334. The summed E-state index contributed by atoms with van der Waals surface area (Å²) in [5.41, 5.74) is 8.90. The number of hydrogen-bond donors (Lipinski definition) is 1. The SMILES string of the molecule is CCCC1CCC(CCCC2c3ccccc3Sc3ccc(C(N)=O)cc32)CC1. The number of benzene rings is 2. The minimum Gasteiger partial charge on any atom is -0.366 e. The van der Waals surface area contributed by atoms with Gasteiger partial charge >= 0.3 is 0 Å². The van der Waals surface area contributed by atoms with Crippen LogP contribution in [-0.4, -0.2) is 5.91 Å². The lowest BCUT2D eigenvalue weighted by atomic mass is 9.77. The highest BCUT2D eigenvalue weighted by Crippen LogP contribution is 2.48. The zero-order chi connectivity index (χ0) is 20.2. The molecule has 0 bridgehead atoms. The maximum absolute atomic E-state index is 11.7. The third kappa shape index (κ3) is 4.71. The smallest absolute Gasteiger partial charge is 0.248 e. The van der Waals surface area contributed by atoms with Crippen molar-refractivity contribution in [1.29, 1.82) is 0 Å². The van der Waals surface area contributed by atoms with E-state index < -0.39 is 0 Å². The second-order valence-electron chi connectivity index (χ2n) is 8.92. The molecule has 1 saturated carbocycles. The summed E-state index contributed by atoms with van der Waals surface area (Å²) in [5.74, 6) is 1.93. The van der Waals surface area contributed by atoms with Crippen LogP contribution in [0.2, 0.25) is 0 Å². The van der Waals surface area contributed by atoms with E-state index in [1.54, 1.807) is 0 Å². The van der Waals surface area contributed by atoms with Crippen LogP contribution in [0.1, 0.15) is 92.1 Å². The molecule has 2 aromatic carbocycles. The summed E-state index contributed by atoms with van der Waals surface area (Å²) < 4.78 is 0. The molecule has 1 aliphatic carbocycles. The molecular formula is C26H33NOS. The van der Waals surface area contributed by atoms with Crippen molar-refractivity contribution in [3.05, 3.63) is 59.2 Å². The van der Waals surface area contributed by atoms with Gasteiger partial charge in [0.2, 0.25) is 5.91 Å². The first-order valence-corrected chi connectivity index (χ1v) is 12.2. The van der Waals surface area contributed by atoms with Gasteiger partial charge in [0, 0.05) is 21.3 Å². The van der Waals surface area contributed by atoms with Crippen LogP contribution >= 0.6 is 11.8 Å². The molecule has 1 unspecified atom stereocenters. The van der Waals surface area contributed by atoms with Crippen molar-refractivity contribution in [1.82, 2.24) is 0 Å². The van der Waals surface area contributed by atoms with Gasteiger partial charge in [-0.1, -0.05) is 88.3 Å². The summed E-state index contributed by atoms with van der Waals surface area (Å²) in [6, 6.07) is 14.8. The molecule has 29 heavy (non-hydrogen) atoms. The first-order chi connectivity index (χ1) is 14.2. The quantitative estimate of drug-likeness (QED) is 0.529. The lowest BCUT2D eigenvalue weighted by molar-refractivity contribution is 0.1000. The number of nitrogens with two attached hydrogens (primary N) is 1. The monoisotopic (exact) mass is 407 g/mol. The number of carbonyl (C=O) groups is 1. The third-order valence-corrected chi connectivity index (χ3v) is 8.14. The van der Waals surface area contributed by atoms with E-state index in [1.807, 2.05) is 23.9 Å². The number of rotatable bonds is 7. The predicted octanol–water partition coefficient (Wildman–Crippen LogP) is 7.16. The molecule has 2 nitrogen and oxygen atoms in total. The Hall–Kier alpha value is -1.74. The van der Waals surface area contributed by atoms with E-state index in [4.69, 9.17) is 5.73 Å². The summed E-state index contributed by atoms with van der Waals surface area (Å²) in [5, 5.41) is 0. The van der Waals surface area contributed by atoms with Crippen LogP contribution < -0.4 is 5.73 Å². The molecule has 1 fully saturated rings. The number of fused-ring (bicyclic) bond motifs is 2. The van der Waals surface area contributed by atoms with Gasteiger partial charge in [0.05, 0.1) is 0 Å². The van der Waals surface area contributed by atoms with Crippen LogP contribution in [0.15, 0.2) is 52.3 Å². The largest absolute Gasteiger partial charge is 0.366 e. The molecular weight excluding hydrogens is 374 g/mol. The number of carbonyl (C=O) groups excluding carboxylic acids is 1. The Labute approximate surface area is 179 Å². The molecule has 3 heteroatoms. The fraction of sp³-hybridized carbons (Fsp3) is 0.500. The molecule has 0 radical (unpaired) electrons. The lowest BCUT2D eigenvalue weighted by Crippen LogP contribution is -2.16. The van der Waals surface area contributed by atoms with Crippen LogP contribution in [0, 0.1) is 11.8 Å². The molecule has 1 heterocycles. The van der Waals surface area contributed by atoms with Crippen LogP contribution in [-0.2, 0) is 0 Å². The van der Waals surface area contributed by atoms with Gasteiger partial charge in [0.15, 0.2) is 0 Å². The van der Waals surface area contributed by atoms with E-state index >= 15 is 0 Å². The Morgan fingerprint density at radius 1 is 0.931 bits per heavy atom. The van der Waals surface area contributed by atoms with E-state index in [1.165, 1.54) is 72.3 Å². The zero-order valence-corrected chi connectivity index (χ0v) is 18.3. The minimum absolute atomic E-state index is 0.334. The van der Waals surface area contributed by atoms with Crippen molar-refractivity contribution in [3.8, 4) is 0 Å². The van der Waals surface area contributed by atoms with Gasteiger partial charge in [0.25, 0.3) is 0 Å². The number of hydrogen-bond acceptors (Lipinski definition) is 2. The molecule has 2 aliphatic rings. The Morgan fingerprint density at radius 2 is 1.62 bits per heavy atom. The Balaban J connectivity index is 1.45. The van der Waals surface area contributed by atoms with Gasteiger partial charge in [-0.15, -0.1) is 0 Å². The van der Waals surface area contributed by atoms with Gasteiger partial charge in [-0.3, -0.25) is 4.79 Å². The van der Waals surface area contributed by atoms with Gasteiger partial charge in [-0.25, -0.2) is 0 Å². The maximum Gasteiger partial charge on any atom is 0.248 e. The normalized spacial score (nSPS) is 23.3. The molecule has 0 saturated heterocycles. The van der Waals surface area contributed by atoms with Gasteiger partial charge in [0.1, 0.15) is 0 Å². The summed E-state index contributed by atoms with van der Waals surface area (Å²) in [7, 11) is 0. The van der Waals surface area contributed by atoms with Crippen molar-refractivity contribution in [3.63, 3.8) is 0 Å². The van der Waals surface area contributed by atoms with E-state index in [0.717, 1.165) is 18.3 Å². The average Bonchev–Trinajstić information content (AvgIpc) is 2.74. The molecule has 0 spiro atoms. The molecule has 0 aromatic heterocycles. The van der Waals surface area contributed by atoms with E-state index in [9.17, 15) is 4.79 Å². The van der Waals surface area contributed by atoms with Crippen LogP contribution in [0.4, 0.5) is 0 Å². The molecule has 2 N–H and O–H groups in total. The Kier molecular flexibility index (Phi) is 6.64. The molecule has 1 aliphatic heterocycles. The molecule has 2 aromatic rings. The molecule has 154 valence electrons. The van der Waals surface area contributed by atoms with Crippen molar-refractivity contribution in [2.45, 2.75) is 80.4 Å². The fourth-order valence-electron chi connectivity index (χ4n) is 5.35.